The van der Waals surface area contributed by atoms with Crippen molar-refractivity contribution in [2.24, 2.45) is 17.8 Å². The minimum atomic E-state index is -0.900. The molecule has 10 nitrogen and oxygen atoms in total. The molecule has 1 atom stereocenters. The smallest absolute Gasteiger partial charge is 0.408 e. The number of nitrogens with one attached hydrogen (secondary N) is 3. The van der Waals surface area contributed by atoms with Gasteiger partial charge in [0.05, 0.1) is 11.1 Å². The first kappa shape index (κ1) is 37.0. The number of hydrogen-bond acceptors (Lipinski definition) is 7. The van der Waals surface area contributed by atoms with E-state index in [0.717, 1.165) is 47.9 Å². The van der Waals surface area contributed by atoms with E-state index in [1.54, 1.807) is 6.92 Å². The molecule has 0 aliphatic heterocycles. The Labute approximate surface area is 296 Å². The fourth-order valence-corrected chi connectivity index (χ4v) is 7.17. The molecular formula is C40H53N5O5. The molecule has 2 aromatic carbocycles. The third-order valence-corrected chi connectivity index (χ3v) is 10.0. The lowest BCUT2D eigenvalue weighted by Gasteiger charge is -2.52. The fourth-order valence-electron chi connectivity index (χ4n) is 7.17. The summed E-state index contributed by atoms with van der Waals surface area (Å²) >= 11 is 0. The molecule has 0 bridgehead atoms. The molecule has 2 saturated carbocycles. The summed E-state index contributed by atoms with van der Waals surface area (Å²) in [7, 11) is 0. The van der Waals surface area contributed by atoms with Crippen molar-refractivity contribution in [3.05, 3.63) is 66.2 Å². The second kappa shape index (κ2) is 14.9. The molecule has 1 unspecified atom stereocenters. The number of aromatic nitrogens is 2. The molecule has 5 rings (SSSR count). The van der Waals surface area contributed by atoms with Gasteiger partial charge < -0.3 is 25.8 Å². The zero-order valence-corrected chi connectivity index (χ0v) is 30.5. The van der Waals surface area contributed by atoms with Crippen LogP contribution in [0.15, 0.2) is 60.7 Å². The Hall–Kier alpha value is -4.31. The first-order valence-electron chi connectivity index (χ1n) is 17.9. The molecule has 4 N–H and O–H groups in total. The molecule has 0 saturated heterocycles. The van der Waals surface area contributed by atoms with Gasteiger partial charge in [-0.15, -0.1) is 10.2 Å². The summed E-state index contributed by atoms with van der Waals surface area (Å²) in [6, 6.07) is 19.7. The lowest BCUT2D eigenvalue weighted by atomic mass is 9.62. The molecule has 0 radical (unpaired) electrons. The number of hydrogen-bond donors (Lipinski definition) is 4. The van der Waals surface area contributed by atoms with Crippen LogP contribution in [-0.4, -0.2) is 50.5 Å². The summed E-state index contributed by atoms with van der Waals surface area (Å²) in [6.07, 6.45) is 4.09. The third kappa shape index (κ3) is 9.27. The molecule has 10 heteroatoms. The van der Waals surface area contributed by atoms with Gasteiger partial charge in [-0.05, 0) is 82.4 Å². The third-order valence-electron chi connectivity index (χ3n) is 10.0. The number of aliphatic hydroxyl groups is 1. The van der Waals surface area contributed by atoms with Crippen LogP contribution in [0.1, 0.15) is 99.0 Å². The highest BCUT2D eigenvalue weighted by atomic mass is 16.6. The maximum atomic E-state index is 13.2. The summed E-state index contributed by atoms with van der Waals surface area (Å²) in [5.41, 5.74) is 1.79. The average molecular weight is 684 g/mol. The minimum Gasteiger partial charge on any atom is -0.444 e. The van der Waals surface area contributed by atoms with Gasteiger partial charge in [0, 0.05) is 42.3 Å². The van der Waals surface area contributed by atoms with Crippen molar-refractivity contribution < 1.29 is 24.2 Å². The second-order valence-electron chi connectivity index (χ2n) is 16.0. The number of anilines is 1. The van der Waals surface area contributed by atoms with Crippen LogP contribution in [0.2, 0.25) is 0 Å². The molecule has 2 fully saturated rings. The predicted octanol–water partition coefficient (Wildman–Crippen LogP) is 7.37. The molecule has 1 heterocycles. The number of amides is 3. The van der Waals surface area contributed by atoms with E-state index in [0.29, 0.717) is 36.7 Å². The van der Waals surface area contributed by atoms with Gasteiger partial charge in [0.15, 0.2) is 5.82 Å². The normalized spacial score (nSPS) is 24.1. The van der Waals surface area contributed by atoms with Crippen molar-refractivity contribution in [1.29, 1.82) is 0 Å². The van der Waals surface area contributed by atoms with E-state index in [4.69, 9.17) is 4.74 Å². The van der Waals surface area contributed by atoms with Gasteiger partial charge in [-0.2, -0.15) is 0 Å². The maximum Gasteiger partial charge on any atom is 0.408 e. The molecule has 2 aliphatic carbocycles. The highest BCUT2D eigenvalue weighted by Gasteiger charge is 2.53. The van der Waals surface area contributed by atoms with Crippen molar-refractivity contribution in [3.63, 3.8) is 0 Å². The van der Waals surface area contributed by atoms with Gasteiger partial charge in [-0.3, -0.25) is 9.59 Å². The largest absolute Gasteiger partial charge is 0.444 e. The van der Waals surface area contributed by atoms with Crippen LogP contribution in [-0.2, 0) is 19.9 Å². The molecule has 2 aliphatic rings. The Kier molecular flexibility index (Phi) is 11.0. The van der Waals surface area contributed by atoms with E-state index >= 15 is 0 Å². The van der Waals surface area contributed by atoms with Crippen molar-refractivity contribution in [3.8, 4) is 22.4 Å². The summed E-state index contributed by atoms with van der Waals surface area (Å²) < 4.78 is 5.53. The van der Waals surface area contributed by atoms with E-state index in [9.17, 15) is 19.5 Å². The van der Waals surface area contributed by atoms with E-state index in [2.05, 4.69) is 40.0 Å². The Morgan fingerprint density at radius 3 is 2.14 bits per heavy atom. The number of rotatable bonds is 10. The molecule has 3 aromatic rings. The molecule has 50 heavy (non-hydrogen) atoms. The highest BCUT2D eigenvalue weighted by molar-refractivity contribution is 5.91. The number of carbonyl (C=O) groups excluding carboxylic acids is 3. The van der Waals surface area contributed by atoms with Crippen LogP contribution in [0.5, 0.6) is 0 Å². The van der Waals surface area contributed by atoms with Gasteiger partial charge in [0.1, 0.15) is 11.3 Å². The number of ether oxygens (including phenoxy) is 1. The van der Waals surface area contributed by atoms with Gasteiger partial charge in [-0.1, -0.05) is 75.4 Å². The van der Waals surface area contributed by atoms with Crippen molar-refractivity contribution >= 4 is 23.7 Å². The van der Waals surface area contributed by atoms with Crippen LogP contribution in [0.4, 0.5) is 10.6 Å². The Bertz CT molecular complexity index is 1650. The monoisotopic (exact) mass is 683 g/mol. The van der Waals surface area contributed by atoms with Crippen molar-refractivity contribution in [1.82, 2.24) is 20.8 Å². The molecule has 1 aromatic heterocycles. The van der Waals surface area contributed by atoms with Crippen molar-refractivity contribution in [2.45, 2.75) is 116 Å². The molecular weight excluding hydrogens is 630 g/mol. The highest BCUT2D eigenvalue weighted by Crippen LogP contribution is 2.48. The van der Waals surface area contributed by atoms with Gasteiger partial charge >= 0.3 is 6.09 Å². The predicted molar refractivity (Wildman–Crippen MR) is 195 cm³/mol. The lowest BCUT2D eigenvalue weighted by Crippen LogP contribution is -2.62. The Morgan fingerprint density at radius 2 is 1.56 bits per heavy atom. The zero-order chi connectivity index (χ0) is 36.3. The van der Waals surface area contributed by atoms with Crippen LogP contribution >= 0.6 is 0 Å². The average Bonchev–Trinajstić information content (AvgIpc) is 3.03. The van der Waals surface area contributed by atoms with E-state index in [-0.39, 0.29) is 29.7 Å². The van der Waals surface area contributed by atoms with Gasteiger partial charge in [0.25, 0.3) is 0 Å². The Balaban J connectivity index is 1.28. The SMILES string of the molecule is CC(C)C(C)C(=O)NC1CCC(CC(=O)Nc2cc(-c3ccccc3)c(-c3ccc(C4(NC(=O)OC(C)(C)C)CC(C)(O)C4)cc3)nn2)CC1. The van der Waals surface area contributed by atoms with E-state index in [1.807, 2.05) is 88.4 Å². The number of nitrogens with zero attached hydrogens (tertiary/aromatic N) is 2. The standard InChI is InChI=1S/C40H53N5O5/c1-25(2)26(3)36(47)41-31-19-13-27(14-20-31)21-34(46)42-33-22-32(28-11-9-8-10-12-28)35(45-44-33)29-15-17-30(18-16-29)40(23-39(7,49)24-40)43-37(48)50-38(4,5)6/h8-12,15-18,22,25-27,31,49H,13-14,19-21,23-24H2,1-7H3,(H,41,47)(H,43,48)(H,42,44,46). The Morgan fingerprint density at radius 1 is 0.920 bits per heavy atom. The number of benzene rings is 2. The van der Waals surface area contributed by atoms with Crippen LogP contribution in [0.3, 0.4) is 0 Å². The molecule has 268 valence electrons. The zero-order valence-electron chi connectivity index (χ0n) is 30.5. The first-order chi connectivity index (χ1) is 23.5. The number of carbonyl (C=O) groups is 3. The summed E-state index contributed by atoms with van der Waals surface area (Å²) in [5, 5.41) is 28.8. The van der Waals surface area contributed by atoms with Crippen molar-refractivity contribution in [2.75, 3.05) is 5.32 Å². The summed E-state index contributed by atoms with van der Waals surface area (Å²) in [5.74, 6) is 0.926. The first-order valence-corrected chi connectivity index (χ1v) is 17.9. The fraction of sp³-hybridized carbons (Fsp3) is 0.525. The quantitative estimate of drug-likeness (QED) is 0.175. The second-order valence-corrected chi connectivity index (χ2v) is 16.0. The maximum absolute atomic E-state index is 13.2. The molecule has 0 spiro atoms. The van der Waals surface area contributed by atoms with Crippen LogP contribution < -0.4 is 16.0 Å². The van der Waals surface area contributed by atoms with Crippen LogP contribution in [0.25, 0.3) is 22.4 Å². The summed E-state index contributed by atoms with van der Waals surface area (Å²) in [4.78, 5) is 38.4. The van der Waals surface area contributed by atoms with E-state index in [1.165, 1.54) is 0 Å². The minimum absolute atomic E-state index is 0.0163. The van der Waals surface area contributed by atoms with Crippen LogP contribution in [0, 0.1) is 17.8 Å². The van der Waals surface area contributed by atoms with E-state index < -0.39 is 22.8 Å². The number of alkyl carbamates (subject to hydrolysis) is 1. The topological polar surface area (TPSA) is 143 Å². The van der Waals surface area contributed by atoms with Gasteiger partial charge in [0.2, 0.25) is 11.8 Å². The molecule has 3 amide bonds. The lowest BCUT2D eigenvalue weighted by molar-refractivity contribution is -0.127. The summed E-state index contributed by atoms with van der Waals surface area (Å²) in [6.45, 7) is 13.3. The van der Waals surface area contributed by atoms with Gasteiger partial charge in [-0.25, -0.2) is 4.79 Å².